The van der Waals surface area contributed by atoms with Crippen LogP contribution in [0, 0.1) is 0 Å². The Morgan fingerprint density at radius 2 is 1.42 bits per heavy atom. The van der Waals surface area contributed by atoms with E-state index in [9.17, 15) is 14.4 Å². The predicted molar refractivity (Wildman–Crippen MR) is 155 cm³/mol. The van der Waals surface area contributed by atoms with Crippen LogP contribution in [0.3, 0.4) is 0 Å². The molecular weight excluding hydrogens is 492 g/mol. The monoisotopic (exact) mass is 524 g/mol. The summed E-state index contributed by atoms with van der Waals surface area (Å²) in [4.78, 5) is 38.1. The van der Waals surface area contributed by atoms with Gasteiger partial charge in [-0.1, -0.05) is 60.7 Å². The number of amides is 2. The third-order valence-corrected chi connectivity index (χ3v) is 7.46. The van der Waals surface area contributed by atoms with Gasteiger partial charge < -0.3 is 10.6 Å². The average Bonchev–Trinajstić information content (AvgIpc) is 2.95. The van der Waals surface area contributed by atoms with Crippen LogP contribution in [0.1, 0.15) is 52.5 Å². The quantitative estimate of drug-likeness (QED) is 0.166. The molecule has 4 aromatic rings. The molecule has 4 aromatic carbocycles. The summed E-state index contributed by atoms with van der Waals surface area (Å²) in [6, 6.07) is 30.8. The van der Waals surface area contributed by atoms with Gasteiger partial charge in [0, 0.05) is 28.3 Å². The Morgan fingerprint density at radius 1 is 0.737 bits per heavy atom. The third-order valence-electron chi connectivity index (χ3n) is 6.37. The summed E-state index contributed by atoms with van der Waals surface area (Å²) in [7, 11) is 0. The third kappa shape index (κ3) is 7.80. The highest BCUT2D eigenvalue weighted by atomic mass is 32.2. The Bertz CT molecular complexity index is 1390. The lowest BCUT2D eigenvalue weighted by Gasteiger charge is -2.16. The Morgan fingerprint density at radius 3 is 2.16 bits per heavy atom. The zero-order valence-corrected chi connectivity index (χ0v) is 22.3. The molecule has 0 fully saturated rings. The van der Waals surface area contributed by atoms with Gasteiger partial charge in [0.25, 0.3) is 11.8 Å². The molecule has 0 spiro atoms. The van der Waals surface area contributed by atoms with Crippen LogP contribution in [0.4, 0.5) is 0 Å². The Balaban J connectivity index is 1.21. The molecule has 0 aromatic heterocycles. The van der Waals surface area contributed by atoms with Crippen LogP contribution >= 0.6 is 11.8 Å². The first-order chi connectivity index (χ1) is 18.5. The van der Waals surface area contributed by atoms with E-state index in [4.69, 9.17) is 0 Å². The molecule has 2 N–H and O–H groups in total. The highest BCUT2D eigenvalue weighted by Crippen LogP contribution is 2.25. The molecule has 0 aliphatic rings. The number of nitrogens with one attached hydrogen (secondary N) is 2. The topological polar surface area (TPSA) is 75.3 Å². The molecule has 6 heteroatoms. The molecule has 194 valence electrons. The number of fused-ring (bicyclic) bond motifs is 1. The molecule has 1 atom stereocenters. The van der Waals surface area contributed by atoms with E-state index in [1.807, 2.05) is 42.5 Å². The lowest BCUT2D eigenvalue weighted by molar-refractivity contribution is -0.119. The highest BCUT2D eigenvalue weighted by molar-refractivity contribution is 7.98. The molecule has 0 heterocycles. The fourth-order valence-corrected chi connectivity index (χ4v) is 5.02. The van der Waals surface area contributed by atoms with Crippen LogP contribution in [0.2, 0.25) is 0 Å². The van der Waals surface area contributed by atoms with Gasteiger partial charge in [0.05, 0.1) is 6.04 Å². The van der Waals surface area contributed by atoms with Gasteiger partial charge in [0.1, 0.15) is 0 Å². The zero-order valence-electron chi connectivity index (χ0n) is 21.5. The summed E-state index contributed by atoms with van der Waals surface area (Å²) in [5, 5.41) is 8.22. The molecule has 0 saturated carbocycles. The summed E-state index contributed by atoms with van der Waals surface area (Å²) in [6.07, 6.45) is 1.97. The number of benzene rings is 4. The van der Waals surface area contributed by atoms with Gasteiger partial charge in [-0.2, -0.15) is 0 Å². The van der Waals surface area contributed by atoms with Crippen molar-refractivity contribution in [3.63, 3.8) is 0 Å². The Kier molecular flexibility index (Phi) is 9.71. The number of rotatable bonds is 12. The smallest absolute Gasteiger partial charge is 0.251 e. The van der Waals surface area contributed by atoms with E-state index in [1.165, 1.54) is 23.3 Å². The maximum absolute atomic E-state index is 12.8. The van der Waals surface area contributed by atoms with Crippen molar-refractivity contribution in [3.8, 4) is 0 Å². The van der Waals surface area contributed by atoms with Crippen molar-refractivity contribution in [1.29, 1.82) is 0 Å². The van der Waals surface area contributed by atoms with E-state index < -0.39 is 6.04 Å². The van der Waals surface area contributed by atoms with Crippen LogP contribution in [-0.4, -0.2) is 30.2 Å². The molecule has 0 bridgehead atoms. The number of carbonyl (C=O) groups excluding carboxylic acids is 3. The van der Waals surface area contributed by atoms with E-state index in [2.05, 4.69) is 41.0 Å². The number of hydrogen-bond donors (Lipinski definition) is 2. The first-order valence-electron chi connectivity index (χ1n) is 12.8. The van der Waals surface area contributed by atoms with Crippen molar-refractivity contribution in [2.45, 2.75) is 42.9 Å². The molecule has 2 amide bonds. The predicted octanol–water partition coefficient (Wildman–Crippen LogP) is 6.42. The molecule has 4 rings (SSSR count). The lowest BCUT2D eigenvalue weighted by Crippen LogP contribution is -2.39. The maximum Gasteiger partial charge on any atom is 0.251 e. The number of carbonyl (C=O) groups is 3. The second kappa shape index (κ2) is 13.6. The van der Waals surface area contributed by atoms with E-state index in [0.29, 0.717) is 30.5 Å². The fraction of sp³-hybridized carbons (Fsp3) is 0.219. The molecule has 0 aliphatic carbocycles. The van der Waals surface area contributed by atoms with Crippen LogP contribution in [0.25, 0.3) is 10.8 Å². The minimum atomic E-state index is -0.547. The summed E-state index contributed by atoms with van der Waals surface area (Å²) in [5.41, 5.74) is 2.40. The van der Waals surface area contributed by atoms with Crippen LogP contribution in [-0.2, 0) is 10.5 Å². The number of Topliss-reactive ketones (excluding diaryl/α,β-unsaturated/α-hetero) is 1. The maximum atomic E-state index is 12.8. The van der Waals surface area contributed by atoms with E-state index in [-0.39, 0.29) is 17.6 Å². The van der Waals surface area contributed by atoms with E-state index in [1.54, 1.807) is 36.0 Å². The second-order valence-electron chi connectivity index (χ2n) is 9.25. The molecule has 0 radical (unpaired) electrons. The van der Waals surface area contributed by atoms with Crippen molar-refractivity contribution in [2.75, 3.05) is 6.54 Å². The van der Waals surface area contributed by atoms with Gasteiger partial charge in [0.15, 0.2) is 5.78 Å². The summed E-state index contributed by atoms with van der Waals surface area (Å²) < 4.78 is 0. The number of ketones is 1. The molecular formula is C32H32N2O3S. The number of unbranched alkanes of at least 4 members (excludes halogenated alkanes) is 1. The SMILES string of the molecule is CC(=O)C(CCCCNC(=O)c1ccccc1)NC(=O)c1ccc(SCc2ccc3ccccc3c2)cc1. The first kappa shape index (κ1) is 27.1. The van der Waals surface area contributed by atoms with Crippen molar-refractivity contribution < 1.29 is 14.4 Å². The normalized spacial score (nSPS) is 11.6. The van der Waals surface area contributed by atoms with Gasteiger partial charge in [-0.3, -0.25) is 14.4 Å². The zero-order chi connectivity index (χ0) is 26.7. The van der Waals surface area contributed by atoms with E-state index >= 15 is 0 Å². The van der Waals surface area contributed by atoms with Crippen LogP contribution in [0.15, 0.2) is 102 Å². The summed E-state index contributed by atoms with van der Waals surface area (Å²) >= 11 is 1.72. The Labute approximate surface area is 228 Å². The highest BCUT2D eigenvalue weighted by Gasteiger charge is 2.18. The van der Waals surface area contributed by atoms with Crippen LogP contribution in [0.5, 0.6) is 0 Å². The average molecular weight is 525 g/mol. The molecule has 1 unspecified atom stereocenters. The van der Waals surface area contributed by atoms with Crippen molar-refractivity contribution in [2.24, 2.45) is 0 Å². The van der Waals surface area contributed by atoms with Gasteiger partial charge in [-0.15, -0.1) is 11.8 Å². The van der Waals surface area contributed by atoms with Crippen molar-refractivity contribution >= 4 is 40.1 Å². The Hall–Kier alpha value is -3.90. The molecule has 5 nitrogen and oxygen atoms in total. The minimum absolute atomic E-state index is 0.0748. The lowest BCUT2D eigenvalue weighted by atomic mass is 10.1. The van der Waals surface area contributed by atoms with Gasteiger partial charge in [-0.25, -0.2) is 0 Å². The minimum Gasteiger partial charge on any atom is -0.352 e. The molecule has 0 aliphatic heterocycles. The summed E-state index contributed by atoms with van der Waals surface area (Å²) in [6.45, 7) is 2.01. The van der Waals surface area contributed by atoms with Gasteiger partial charge >= 0.3 is 0 Å². The standard InChI is InChI=1S/C32H32N2O3S/c1-23(35)30(13-7-8-20-33-31(36)26-10-3-2-4-11-26)34-32(37)27-16-18-29(19-17-27)38-22-24-14-15-25-9-5-6-12-28(25)21-24/h2-6,9-12,14-19,21,30H,7-8,13,20,22H2,1H3,(H,33,36)(H,34,37). The largest absolute Gasteiger partial charge is 0.352 e. The molecule has 38 heavy (non-hydrogen) atoms. The number of hydrogen-bond acceptors (Lipinski definition) is 4. The van der Waals surface area contributed by atoms with Crippen molar-refractivity contribution in [1.82, 2.24) is 10.6 Å². The summed E-state index contributed by atoms with van der Waals surface area (Å²) in [5.74, 6) is 0.401. The second-order valence-corrected chi connectivity index (χ2v) is 10.3. The molecule has 0 saturated heterocycles. The number of thioether (sulfide) groups is 1. The van der Waals surface area contributed by atoms with E-state index in [0.717, 1.165) is 17.1 Å². The fourth-order valence-electron chi connectivity index (χ4n) is 4.18. The first-order valence-corrected chi connectivity index (χ1v) is 13.8. The van der Waals surface area contributed by atoms with Gasteiger partial charge in [0.2, 0.25) is 0 Å². The van der Waals surface area contributed by atoms with Crippen molar-refractivity contribution in [3.05, 3.63) is 114 Å². The van der Waals surface area contributed by atoms with Crippen LogP contribution < -0.4 is 10.6 Å². The van der Waals surface area contributed by atoms with Gasteiger partial charge in [-0.05, 0) is 78.9 Å².